The van der Waals surface area contributed by atoms with Crippen molar-refractivity contribution in [3.05, 3.63) is 308 Å². The maximum atomic E-state index is 2.47. The molecule has 0 aliphatic heterocycles. The van der Waals surface area contributed by atoms with Crippen molar-refractivity contribution in [1.82, 2.24) is 0 Å². The van der Waals surface area contributed by atoms with Crippen LogP contribution in [-0.4, -0.2) is 0 Å². The van der Waals surface area contributed by atoms with Crippen molar-refractivity contribution in [3.63, 3.8) is 0 Å². The lowest BCUT2D eigenvalue weighted by Gasteiger charge is -2.29. The largest absolute Gasteiger partial charge is 0.310 e. The molecule has 0 amide bonds. The predicted octanol–water partition coefficient (Wildman–Crippen LogP) is 22.0. The van der Waals surface area contributed by atoms with Gasteiger partial charge in [-0.15, -0.1) is 0 Å². The van der Waals surface area contributed by atoms with E-state index in [0.717, 1.165) is 52.5 Å². The Morgan fingerprint density at radius 1 is 0.263 bits per heavy atom. The lowest BCUT2D eigenvalue weighted by molar-refractivity contribution is 0.988. The van der Waals surface area contributed by atoms with Gasteiger partial charge in [-0.1, -0.05) is 231 Å². The zero-order valence-electron chi connectivity index (χ0n) is 44.2. The molecule has 0 radical (unpaired) electrons. The molecule has 14 aromatic carbocycles. The summed E-state index contributed by atoms with van der Waals surface area (Å²) >= 11 is 0. The van der Waals surface area contributed by atoms with Crippen LogP contribution in [0.5, 0.6) is 0 Å². The molecule has 15 rings (SSSR count). The van der Waals surface area contributed by atoms with Gasteiger partial charge in [-0.05, 0) is 184 Å². The quantitative estimate of drug-likeness (QED) is 0.126. The third-order valence-electron chi connectivity index (χ3n) is 16.4. The van der Waals surface area contributed by atoms with E-state index in [-0.39, 0.29) is 0 Å². The third kappa shape index (κ3) is 8.20. The topological polar surface area (TPSA) is 6.48 Å². The molecule has 2 nitrogen and oxygen atoms in total. The fourth-order valence-corrected chi connectivity index (χ4v) is 12.8. The normalized spacial score (nSPS) is 12.1. The van der Waals surface area contributed by atoms with E-state index < -0.39 is 0 Å². The number of hydrogen-bond acceptors (Lipinski definition) is 2. The molecule has 2 heteroatoms. The Balaban J connectivity index is 1.06. The monoisotopic (exact) mass is 1020 g/mol. The first-order valence-electron chi connectivity index (χ1n) is 27.9. The Bertz CT molecular complexity index is 4710. The second kappa shape index (κ2) is 19.9. The summed E-state index contributed by atoms with van der Waals surface area (Å²) < 4.78 is 0. The van der Waals surface area contributed by atoms with Gasteiger partial charge in [0.15, 0.2) is 0 Å². The SMILES string of the molecule is C1=Cc2cccc(-c3cccc(-c4c5ccc(N(c6ccccc6)c6cccc7ccccc67)cc5c(-c5cccc(-c6cccc7ccccc67)c5)c5ccc(N(c6ccccc6)c6cccc7ccccc67)cc45)c3)c2CC1. The zero-order chi connectivity index (χ0) is 52.9. The average Bonchev–Trinajstić information content (AvgIpc) is 3.62. The number of nitrogens with zero attached hydrogens (tertiary/aromatic N) is 2. The molecule has 0 atom stereocenters. The van der Waals surface area contributed by atoms with Crippen molar-refractivity contribution < 1.29 is 0 Å². The van der Waals surface area contributed by atoms with E-state index in [1.807, 2.05) is 0 Å². The average molecular weight is 1020 g/mol. The van der Waals surface area contributed by atoms with Crippen LogP contribution in [0.2, 0.25) is 0 Å². The summed E-state index contributed by atoms with van der Waals surface area (Å²) in [5.41, 5.74) is 19.0. The van der Waals surface area contributed by atoms with Crippen molar-refractivity contribution in [1.29, 1.82) is 0 Å². The number of benzene rings is 14. The van der Waals surface area contributed by atoms with Crippen LogP contribution in [0, 0.1) is 0 Å². The van der Waals surface area contributed by atoms with Gasteiger partial charge >= 0.3 is 0 Å². The molecule has 14 aromatic rings. The highest BCUT2D eigenvalue weighted by atomic mass is 15.1. The smallest absolute Gasteiger partial charge is 0.0540 e. The maximum absolute atomic E-state index is 2.47. The van der Waals surface area contributed by atoms with Crippen LogP contribution in [0.1, 0.15) is 17.5 Å². The lowest BCUT2D eigenvalue weighted by atomic mass is 9.83. The Morgan fingerprint density at radius 2 is 0.688 bits per heavy atom. The molecule has 80 heavy (non-hydrogen) atoms. The number of allylic oxidation sites excluding steroid dienone is 1. The molecular weight excluding hydrogens is 965 g/mol. The molecule has 0 spiro atoms. The van der Waals surface area contributed by atoms with Crippen LogP contribution < -0.4 is 9.80 Å². The van der Waals surface area contributed by atoms with Gasteiger partial charge in [0, 0.05) is 33.5 Å². The van der Waals surface area contributed by atoms with Gasteiger partial charge in [0.1, 0.15) is 0 Å². The zero-order valence-corrected chi connectivity index (χ0v) is 44.2. The molecule has 0 heterocycles. The van der Waals surface area contributed by atoms with Gasteiger partial charge < -0.3 is 9.80 Å². The van der Waals surface area contributed by atoms with Crippen molar-refractivity contribution in [2.24, 2.45) is 0 Å². The van der Waals surface area contributed by atoms with Crippen LogP contribution in [0.25, 0.3) is 104 Å². The van der Waals surface area contributed by atoms with Crippen molar-refractivity contribution in [2.45, 2.75) is 12.8 Å². The summed E-state index contributed by atoms with van der Waals surface area (Å²) in [7, 11) is 0. The van der Waals surface area contributed by atoms with Gasteiger partial charge in [-0.25, -0.2) is 0 Å². The summed E-state index contributed by atoms with van der Waals surface area (Å²) in [4.78, 5) is 4.89. The van der Waals surface area contributed by atoms with E-state index >= 15 is 0 Å². The Kier molecular flexibility index (Phi) is 11.7. The van der Waals surface area contributed by atoms with E-state index in [1.54, 1.807) is 0 Å². The molecule has 0 fully saturated rings. The molecule has 1 aliphatic rings. The van der Waals surface area contributed by atoms with Gasteiger partial charge in [0.05, 0.1) is 11.4 Å². The maximum Gasteiger partial charge on any atom is 0.0540 e. The predicted molar refractivity (Wildman–Crippen MR) is 342 cm³/mol. The van der Waals surface area contributed by atoms with Crippen molar-refractivity contribution in [2.75, 3.05) is 9.80 Å². The molecule has 0 bridgehead atoms. The first-order chi connectivity index (χ1) is 39.7. The van der Waals surface area contributed by atoms with Crippen LogP contribution in [0.3, 0.4) is 0 Å². The van der Waals surface area contributed by atoms with E-state index in [1.165, 1.54) is 104 Å². The summed E-state index contributed by atoms with van der Waals surface area (Å²) in [6.07, 6.45) is 6.67. The van der Waals surface area contributed by atoms with Crippen molar-refractivity contribution in [3.8, 4) is 44.5 Å². The molecular formula is C78H54N2. The number of fused-ring (bicyclic) bond motifs is 6. The van der Waals surface area contributed by atoms with Crippen LogP contribution in [-0.2, 0) is 6.42 Å². The van der Waals surface area contributed by atoms with Gasteiger partial charge in [0.25, 0.3) is 0 Å². The van der Waals surface area contributed by atoms with E-state index in [4.69, 9.17) is 0 Å². The van der Waals surface area contributed by atoms with Crippen LogP contribution in [0.4, 0.5) is 34.1 Å². The highest BCUT2D eigenvalue weighted by Crippen LogP contribution is 2.50. The Morgan fingerprint density at radius 3 is 1.25 bits per heavy atom. The number of hydrogen-bond donors (Lipinski definition) is 0. The van der Waals surface area contributed by atoms with Crippen molar-refractivity contribution >= 4 is 94.1 Å². The number of para-hydroxylation sites is 2. The molecule has 1 aliphatic carbocycles. The highest BCUT2D eigenvalue weighted by molar-refractivity contribution is 6.23. The highest BCUT2D eigenvalue weighted by Gasteiger charge is 2.24. The van der Waals surface area contributed by atoms with E-state index in [9.17, 15) is 0 Å². The van der Waals surface area contributed by atoms with E-state index in [0.29, 0.717) is 0 Å². The minimum Gasteiger partial charge on any atom is -0.310 e. The molecule has 0 saturated carbocycles. The molecule has 0 unspecified atom stereocenters. The van der Waals surface area contributed by atoms with E-state index in [2.05, 4.69) is 313 Å². The fraction of sp³-hybridized carbons (Fsp3) is 0.0256. The minimum atomic E-state index is 1.02. The fourth-order valence-electron chi connectivity index (χ4n) is 12.8. The number of anilines is 6. The minimum absolute atomic E-state index is 1.02. The standard InChI is InChI=1S/C78H54N2/c1-3-33-61(34-4-1)79(75-43-19-27-55-23-9-13-39-69(55)75)63-45-47-71-73(51-63)77(59-31-15-29-57(49-59)67-41-17-25-53-21-7-11-37-65(53)67)72-48-46-64(80(62-35-5-2-6-36-62)76-44-20-28-56-24-10-14-40-70(56)76)52-74(72)78(71)60-32-16-30-58(50-60)68-42-18-26-54-22-8-12-38-66(54)68/h1-11,13-37,39-52H,12,38H2. The summed E-state index contributed by atoms with van der Waals surface area (Å²) in [6, 6.07) is 108. The lowest BCUT2D eigenvalue weighted by Crippen LogP contribution is -2.11. The van der Waals surface area contributed by atoms with Crippen LogP contribution in [0.15, 0.2) is 297 Å². The van der Waals surface area contributed by atoms with Crippen LogP contribution >= 0.6 is 0 Å². The van der Waals surface area contributed by atoms with Gasteiger partial charge in [0.2, 0.25) is 0 Å². The molecule has 376 valence electrons. The summed E-state index contributed by atoms with van der Waals surface area (Å²) in [5, 5.41) is 12.0. The first kappa shape index (κ1) is 47.0. The molecule has 0 aromatic heterocycles. The Labute approximate surface area is 467 Å². The Hall–Kier alpha value is -10.3. The summed E-state index contributed by atoms with van der Waals surface area (Å²) in [6.45, 7) is 0. The molecule has 0 N–H and O–H groups in total. The second-order valence-corrected chi connectivity index (χ2v) is 21.1. The first-order valence-corrected chi connectivity index (χ1v) is 27.9. The van der Waals surface area contributed by atoms with Gasteiger partial charge in [-0.3, -0.25) is 0 Å². The third-order valence-corrected chi connectivity index (χ3v) is 16.4. The second-order valence-electron chi connectivity index (χ2n) is 21.1. The summed E-state index contributed by atoms with van der Waals surface area (Å²) in [5.74, 6) is 0. The molecule has 0 saturated heterocycles. The van der Waals surface area contributed by atoms with Gasteiger partial charge in [-0.2, -0.15) is 0 Å². The number of rotatable bonds is 10.